The number of hydrogen-bond acceptors (Lipinski definition) is 2. The van der Waals surface area contributed by atoms with Crippen LogP contribution in [-0.2, 0) is 4.79 Å². The highest BCUT2D eigenvalue weighted by Gasteiger charge is 2.38. The van der Waals surface area contributed by atoms with E-state index >= 15 is 0 Å². The number of rotatable bonds is 0. The van der Waals surface area contributed by atoms with Gasteiger partial charge in [-0.3, -0.25) is 4.79 Å². The molecule has 1 amide bonds. The zero-order chi connectivity index (χ0) is 9.35. The van der Waals surface area contributed by atoms with E-state index in [0.717, 1.165) is 19.4 Å². The lowest BCUT2D eigenvalue weighted by molar-refractivity contribution is -0.143. The summed E-state index contributed by atoms with van der Waals surface area (Å²) >= 11 is 0. The Labute approximate surface area is 73.4 Å². The first-order valence-electron chi connectivity index (χ1n) is 4.42. The fraction of sp³-hybridized carbons (Fsp3) is 0.889. The zero-order valence-electron chi connectivity index (χ0n) is 8.00. The number of aliphatic hydroxyl groups is 1. The molecular weight excluding hydrogens is 154 g/mol. The number of amides is 1. The van der Waals surface area contributed by atoms with Gasteiger partial charge in [-0.05, 0) is 26.7 Å². The molecule has 1 aliphatic rings. The van der Waals surface area contributed by atoms with Gasteiger partial charge >= 0.3 is 0 Å². The summed E-state index contributed by atoms with van der Waals surface area (Å²) < 4.78 is 0. The quantitative estimate of drug-likeness (QED) is 0.584. The first-order valence-corrected chi connectivity index (χ1v) is 4.42. The minimum Gasteiger partial charge on any atom is -0.391 e. The van der Waals surface area contributed by atoms with Crippen molar-refractivity contribution in [2.75, 3.05) is 6.54 Å². The molecule has 0 saturated carbocycles. The van der Waals surface area contributed by atoms with E-state index in [2.05, 4.69) is 0 Å². The lowest BCUT2D eigenvalue weighted by Crippen LogP contribution is -2.57. The van der Waals surface area contributed by atoms with Crippen LogP contribution < -0.4 is 0 Å². The van der Waals surface area contributed by atoms with Crippen molar-refractivity contribution in [1.29, 1.82) is 0 Å². The first-order chi connectivity index (χ1) is 5.46. The number of piperidine rings is 1. The van der Waals surface area contributed by atoms with Crippen molar-refractivity contribution in [2.24, 2.45) is 0 Å². The van der Waals surface area contributed by atoms with Crippen molar-refractivity contribution < 1.29 is 9.90 Å². The highest BCUT2D eigenvalue weighted by molar-refractivity contribution is 5.74. The van der Waals surface area contributed by atoms with Gasteiger partial charge in [-0.25, -0.2) is 0 Å². The second kappa shape index (κ2) is 3.05. The standard InChI is InChI=1S/C9H17NO2/c1-7(11)10-6-4-5-8(12)9(10,2)3/h8,12H,4-6H2,1-3H3. The molecule has 1 fully saturated rings. The summed E-state index contributed by atoms with van der Waals surface area (Å²) in [4.78, 5) is 12.9. The molecule has 1 N–H and O–H groups in total. The van der Waals surface area contributed by atoms with Gasteiger partial charge in [0.05, 0.1) is 11.6 Å². The molecule has 0 radical (unpaired) electrons. The molecule has 3 heteroatoms. The zero-order valence-corrected chi connectivity index (χ0v) is 8.00. The van der Waals surface area contributed by atoms with Gasteiger partial charge in [0.1, 0.15) is 0 Å². The molecule has 0 aromatic rings. The van der Waals surface area contributed by atoms with Crippen LogP contribution in [0.25, 0.3) is 0 Å². The van der Waals surface area contributed by atoms with E-state index in [0.29, 0.717) is 0 Å². The van der Waals surface area contributed by atoms with Crippen molar-refractivity contribution in [2.45, 2.75) is 45.3 Å². The third-order valence-corrected chi connectivity index (χ3v) is 2.75. The van der Waals surface area contributed by atoms with E-state index in [1.807, 2.05) is 13.8 Å². The Kier molecular flexibility index (Phi) is 2.42. The second-order valence-electron chi connectivity index (χ2n) is 3.98. The Balaban J connectivity index is 2.79. The number of carbonyl (C=O) groups excluding carboxylic acids is 1. The smallest absolute Gasteiger partial charge is 0.219 e. The van der Waals surface area contributed by atoms with Crippen LogP contribution in [0.1, 0.15) is 33.6 Å². The molecule has 0 spiro atoms. The SMILES string of the molecule is CC(=O)N1CCCC(O)C1(C)C. The van der Waals surface area contributed by atoms with Crippen molar-refractivity contribution in [3.8, 4) is 0 Å². The molecule has 1 aliphatic heterocycles. The molecule has 0 aromatic carbocycles. The predicted molar refractivity (Wildman–Crippen MR) is 46.7 cm³/mol. The highest BCUT2D eigenvalue weighted by Crippen LogP contribution is 2.27. The molecule has 1 rings (SSSR count). The summed E-state index contributed by atoms with van der Waals surface area (Å²) in [7, 11) is 0. The molecule has 3 nitrogen and oxygen atoms in total. The number of aliphatic hydroxyl groups excluding tert-OH is 1. The Bertz CT molecular complexity index is 189. The molecule has 0 aromatic heterocycles. The molecular formula is C9H17NO2. The van der Waals surface area contributed by atoms with Gasteiger partial charge in [0, 0.05) is 13.5 Å². The first kappa shape index (κ1) is 9.52. The third-order valence-electron chi connectivity index (χ3n) is 2.75. The fourth-order valence-corrected chi connectivity index (χ4v) is 1.83. The summed E-state index contributed by atoms with van der Waals surface area (Å²) in [6.07, 6.45) is 1.33. The maximum Gasteiger partial charge on any atom is 0.219 e. The molecule has 70 valence electrons. The number of carbonyl (C=O) groups is 1. The van der Waals surface area contributed by atoms with E-state index < -0.39 is 0 Å². The lowest BCUT2D eigenvalue weighted by Gasteiger charge is -2.45. The van der Waals surface area contributed by atoms with E-state index in [-0.39, 0.29) is 17.6 Å². The lowest BCUT2D eigenvalue weighted by atomic mass is 9.87. The van der Waals surface area contributed by atoms with E-state index in [9.17, 15) is 9.90 Å². The monoisotopic (exact) mass is 171 g/mol. The van der Waals surface area contributed by atoms with Gasteiger partial charge in [0.2, 0.25) is 5.91 Å². The molecule has 1 unspecified atom stereocenters. The number of likely N-dealkylation sites (tertiary alicyclic amines) is 1. The van der Waals surface area contributed by atoms with E-state index in [1.165, 1.54) is 0 Å². The molecule has 1 heterocycles. The van der Waals surface area contributed by atoms with Gasteiger partial charge in [0.25, 0.3) is 0 Å². The maximum atomic E-state index is 11.2. The number of hydrogen-bond donors (Lipinski definition) is 1. The van der Waals surface area contributed by atoms with Crippen LogP contribution in [0, 0.1) is 0 Å². The highest BCUT2D eigenvalue weighted by atomic mass is 16.3. The largest absolute Gasteiger partial charge is 0.391 e. The average Bonchev–Trinajstić information content (AvgIpc) is 1.94. The van der Waals surface area contributed by atoms with Gasteiger partial charge in [0.15, 0.2) is 0 Å². The normalized spacial score (nSPS) is 28.7. The molecule has 12 heavy (non-hydrogen) atoms. The third kappa shape index (κ3) is 1.46. The Hall–Kier alpha value is -0.570. The minimum atomic E-state index is -0.385. The predicted octanol–water partition coefficient (Wildman–Crippen LogP) is 0.768. The van der Waals surface area contributed by atoms with Gasteiger partial charge in [-0.2, -0.15) is 0 Å². The Morgan fingerprint density at radius 1 is 1.58 bits per heavy atom. The fourth-order valence-electron chi connectivity index (χ4n) is 1.83. The topological polar surface area (TPSA) is 40.5 Å². The molecule has 0 bridgehead atoms. The van der Waals surface area contributed by atoms with Crippen LogP contribution >= 0.6 is 0 Å². The van der Waals surface area contributed by atoms with Crippen LogP contribution in [-0.4, -0.2) is 34.1 Å². The summed E-state index contributed by atoms with van der Waals surface area (Å²) in [6.45, 7) is 6.16. The van der Waals surface area contributed by atoms with Crippen LogP contribution in [0.2, 0.25) is 0 Å². The van der Waals surface area contributed by atoms with Crippen molar-refractivity contribution in [3.05, 3.63) is 0 Å². The Morgan fingerprint density at radius 2 is 2.17 bits per heavy atom. The van der Waals surface area contributed by atoms with E-state index in [1.54, 1.807) is 11.8 Å². The van der Waals surface area contributed by atoms with Gasteiger partial charge in [-0.15, -0.1) is 0 Å². The average molecular weight is 171 g/mol. The summed E-state index contributed by atoms with van der Waals surface area (Å²) in [5.41, 5.74) is -0.385. The van der Waals surface area contributed by atoms with Gasteiger partial charge < -0.3 is 10.0 Å². The molecule has 1 atom stereocenters. The molecule has 0 aliphatic carbocycles. The van der Waals surface area contributed by atoms with Crippen molar-refractivity contribution >= 4 is 5.91 Å². The van der Waals surface area contributed by atoms with Crippen molar-refractivity contribution in [3.63, 3.8) is 0 Å². The second-order valence-corrected chi connectivity index (χ2v) is 3.98. The summed E-state index contributed by atoms with van der Waals surface area (Å²) in [6, 6.07) is 0. The van der Waals surface area contributed by atoms with Gasteiger partial charge in [-0.1, -0.05) is 0 Å². The minimum absolute atomic E-state index is 0.0544. The van der Waals surface area contributed by atoms with Crippen LogP contribution in [0.4, 0.5) is 0 Å². The number of nitrogens with zero attached hydrogens (tertiary/aromatic N) is 1. The summed E-state index contributed by atoms with van der Waals surface area (Å²) in [5, 5.41) is 9.66. The van der Waals surface area contributed by atoms with Crippen LogP contribution in [0.15, 0.2) is 0 Å². The van der Waals surface area contributed by atoms with Crippen LogP contribution in [0.3, 0.4) is 0 Å². The molecule has 1 saturated heterocycles. The summed E-state index contributed by atoms with van der Waals surface area (Å²) in [5.74, 6) is 0.0544. The Morgan fingerprint density at radius 3 is 2.58 bits per heavy atom. The van der Waals surface area contributed by atoms with E-state index in [4.69, 9.17) is 0 Å². The van der Waals surface area contributed by atoms with Crippen molar-refractivity contribution in [1.82, 2.24) is 4.90 Å². The maximum absolute atomic E-state index is 11.2. The van der Waals surface area contributed by atoms with Crippen LogP contribution in [0.5, 0.6) is 0 Å².